The summed E-state index contributed by atoms with van der Waals surface area (Å²) in [5.74, 6) is 1.95. The lowest BCUT2D eigenvalue weighted by Gasteiger charge is -2.16. The molecule has 0 unspecified atom stereocenters. The molecule has 35 heavy (non-hydrogen) atoms. The summed E-state index contributed by atoms with van der Waals surface area (Å²) in [4.78, 5) is 18.9. The highest BCUT2D eigenvalue weighted by atomic mass is 32.2. The zero-order chi connectivity index (χ0) is 24.9. The molecule has 0 bridgehead atoms. The molecule has 0 saturated heterocycles. The smallest absolute Gasteiger partial charge is 0.213 e. The maximum absolute atomic E-state index is 11.2. The van der Waals surface area contributed by atoms with Crippen molar-refractivity contribution in [2.24, 2.45) is 0 Å². The van der Waals surface area contributed by atoms with E-state index in [1.165, 1.54) is 0 Å². The average Bonchev–Trinajstić information content (AvgIpc) is 3.24. The Labute approximate surface area is 204 Å². The van der Waals surface area contributed by atoms with Crippen molar-refractivity contribution >= 4 is 22.2 Å². The number of methoxy groups -OCH3 is 2. The summed E-state index contributed by atoms with van der Waals surface area (Å²) in [5, 5.41) is 0. The van der Waals surface area contributed by atoms with Crippen molar-refractivity contribution in [2.75, 3.05) is 20.8 Å². The standard InChI is InChI=1S/C23H26N6O5S/c1-5-14-16(13-24-35(30)31)27-23-21(26-14)28-22(15-9-7-12-19(25-15)34-6-2)29(23)20-17(32-3)10-8-11-18(20)33-4/h7-12,35H,5-6,13H2,1-4H3,(H,24,30,31). The fourth-order valence-corrected chi connectivity index (χ4v) is 4.01. The molecular weight excluding hydrogens is 472 g/mol. The second-order valence-electron chi connectivity index (χ2n) is 7.29. The molecule has 0 aliphatic heterocycles. The molecule has 1 N–H and O–H groups in total. The second-order valence-corrected chi connectivity index (χ2v) is 8.12. The lowest BCUT2D eigenvalue weighted by atomic mass is 10.2. The van der Waals surface area contributed by atoms with Gasteiger partial charge in [0.2, 0.25) is 16.8 Å². The van der Waals surface area contributed by atoms with E-state index < -0.39 is 10.9 Å². The van der Waals surface area contributed by atoms with E-state index in [0.717, 1.165) is 0 Å². The first kappa shape index (κ1) is 24.4. The van der Waals surface area contributed by atoms with Crippen molar-refractivity contribution < 1.29 is 22.6 Å². The number of hydrogen-bond acceptors (Lipinski definition) is 9. The fraction of sp³-hybridized carbons (Fsp3) is 0.304. The predicted molar refractivity (Wildman–Crippen MR) is 131 cm³/mol. The summed E-state index contributed by atoms with van der Waals surface area (Å²) in [6.45, 7) is 4.28. The lowest BCUT2D eigenvalue weighted by molar-refractivity contribution is 0.327. The van der Waals surface area contributed by atoms with E-state index >= 15 is 0 Å². The first-order valence-corrected chi connectivity index (χ1v) is 12.2. The van der Waals surface area contributed by atoms with Crippen LogP contribution in [0, 0.1) is 0 Å². The molecule has 184 valence electrons. The summed E-state index contributed by atoms with van der Waals surface area (Å²) in [6, 6.07) is 10.8. The number of pyridine rings is 1. The summed E-state index contributed by atoms with van der Waals surface area (Å²) < 4.78 is 43.4. The number of nitrogens with zero attached hydrogens (tertiary/aromatic N) is 5. The summed E-state index contributed by atoms with van der Waals surface area (Å²) in [6.07, 6.45) is 0.549. The van der Waals surface area contributed by atoms with Gasteiger partial charge in [-0.05, 0) is 31.5 Å². The van der Waals surface area contributed by atoms with Crippen LogP contribution in [0.4, 0.5) is 0 Å². The number of imidazole rings is 1. The highest BCUT2D eigenvalue weighted by Crippen LogP contribution is 2.38. The molecular formula is C23H26N6O5S. The van der Waals surface area contributed by atoms with Crippen LogP contribution in [-0.4, -0.2) is 53.7 Å². The Morgan fingerprint density at radius 3 is 2.26 bits per heavy atom. The Hall–Kier alpha value is -3.77. The summed E-state index contributed by atoms with van der Waals surface area (Å²) in [7, 11) is 0.329. The van der Waals surface area contributed by atoms with Crippen LogP contribution >= 0.6 is 0 Å². The Morgan fingerprint density at radius 1 is 0.914 bits per heavy atom. The van der Waals surface area contributed by atoms with Gasteiger partial charge in [0.1, 0.15) is 22.9 Å². The molecule has 12 heteroatoms. The Kier molecular flexibility index (Phi) is 7.42. The maximum atomic E-state index is 11.2. The Balaban J connectivity index is 2.07. The molecule has 0 atom stereocenters. The van der Waals surface area contributed by atoms with Gasteiger partial charge < -0.3 is 14.2 Å². The monoisotopic (exact) mass is 498 g/mol. The minimum Gasteiger partial charge on any atom is -0.494 e. The van der Waals surface area contributed by atoms with E-state index in [9.17, 15) is 8.42 Å². The predicted octanol–water partition coefficient (Wildman–Crippen LogP) is 2.47. The van der Waals surface area contributed by atoms with E-state index in [4.69, 9.17) is 29.2 Å². The van der Waals surface area contributed by atoms with Gasteiger partial charge in [-0.3, -0.25) is 4.57 Å². The zero-order valence-electron chi connectivity index (χ0n) is 19.8. The number of hydrogen-bond donors (Lipinski definition) is 2. The molecule has 3 heterocycles. The molecule has 0 radical (unpaired) electrons. The molecule has 0 amide bonds. The number of para-hydroxylation sites is 1. The van der Waals surface area contributed by atoms with Crippen LogP contribution in [0.3, 0.4) is 0 Å². The molecule has 0 saturated carbocycles. The first-order chi connectivity index (χ1) is 17.0. The van der Waals surface area contributed by atoms with Gasteiger partial charge in [-0.2, -0.15) is 0 Å². The van der Waals surface area contributed by atoms with E-state index in [2.05, 4.69) is 9.71 Å². The van der Waals surface area contributed by atoms with Crippen LogP contribution in [-0.2, 0) is 23.9 Å². The van der Waals surface area contributed by atoms with Crippen LogP contribution < -0.4 is 18.9 Å². The molecule has 4 rings (SSSR count). The fourth-order valence-electron chi connectivity index (χ4n) is 3.73. The van der Waals surface area contributed by atoms with Crippen molar-refractivity contribution in [3.8, 4) is 34.6 Å². The van der Waals surface area contributed by atoms with Crippen LogP contribution in [0.2, 0.25) is 0 Å². The summed E-state index contributed by atoms with van der Waals surface area (Å²) in [5.41, 5.74) is 3.01. The zero-order valence-corrected chi connectivity index (χ0v) is 20.7. The van der Waals surface area contributed by atoms with E-state index in [-0.39, 0.29) is 6.54 Å². The first-order valence-electron chi connectivity index (χ1n) is 11.0. The van der Waals surface area contributed by atoms with Crippen LogP contribution in [0.5, 0.6) is 17.4 Å². The van der Waals surface area contributed by atoms with Gasteiger partial charge in [0.15, 0.2) is 17.1 Å². The van der Waals surface area contributed by atoms with Crippen LogP contribution in [0.1, 0.15) is 25.2 Å². The molecule has 1 aromatic carbocycles. The number of rotatable bonds is 10. The van der Waals surface area contributed by atoms with Crippen molar-refractivity contribution in [3.63, 3.8) is 0 Å². The van der Waals surface area contributed by atoms with Crippen molar-refractivity contribution in [1.29, 1.82) is 0 Å². The number of fused-ring (bicyclic) bond motifs is 1. The molecule has 0 fully saturated rings. The van der Waals surface area contributed by atoms with Crippen LogP contribution in [0.15, 0.2) is 36.4 Å². The number of aryl methyl sites for hydroxylation is 1. The summed E-state index contributed by atoms with van der Waals surface area (Å²) >= 11 is 0. The lowest BCUT2D eigenvalue weighted by Crippen LogP contribution is -2.15. The van der Waals surface area contributed by atoms with Gasteiger partial charge in [-0.15, -0.1) is 0 Å². The minimum absolute atomic E-state index is 0.00641. The largest absolute Gasteiger partial charge is 0.494 e. The Bertz CT molecular complexity index is 1410. The highest BCUT2D eigenvalue weighted by molar-refractivity contribution is 7.70. The molecule has 0 spiro atoms. The number of nitrogens with one attached hydrogen (secondary N) is 1. The van der Waals surface area contributed by atoms with Crippen molar-refractivity contribution in [3.05, 3.63) is 47.8 Å². The number of benzene rings is 1. The van der Waals surface area contributed by atoms with E-state index in [1.54, 1.807) is 37.0 Å². The minimum atomic E-state index is -2.79. The van der Waals surface area contributed by atoms with Gasteiger partial charge in [0, 0.05) is 6.07 Å². The quantitative estimate of drug-likeness (QED) is 0.317. The molecule has 0 aliphatic carbocycles. The Morgan fingerprint density at radius 2 is 1.63 bits per heavy atom. The average molecular weight is 499 g/mol. The second kappa shape index (κ2) is 10.7. The van der Waals surface area contributed by atoms with Crippen LogP contribution in [0.25, 0.3) is 28.5 Å². The molecule has 3 aromatic heterocycles. The van der Waals surface area contributed by atoms with Crippen molar-refractivity contribution in [1.82, 2.24) is 29.2 Å². The number of ether oxygens (including phenoxy) is 3. The molecule has 11 nitrogen and oxygen atoms in total. The SMILES string of the molecule is CCOc1cccc(-c2nc3nc(CC)c(CN[SH](=O)=O)nc3n2-c2c(OC)cccc2OC)n1. The highest BCUT2D eigenvalue weighted by Gasteiger charge is 2.24. The number of thiol groups is 1. The van der Waals surface area contributed by atoms with Crippen molar-refractivity contribution in [2.45, 2.75) is 26.8 Å². The van der Waals surface area contributed by atoms with E-state index in [1.807, 2.05) is 32.0 Å². The normalized spacial score (nSPS) is 11.2. The third-order valence-corrected chi connectivity index (χ3v) is 5.65. The van der Waals surface area contributed by atoms with Gasteiger partial charge in [-0.1, -0.05) is 19.1 Å². The van der Waals surface area contributed by atoms with Gasteiger partial charge in [0.05, 0.1) is 38.8 Å². The maximum Gasteiger partial charge on any atom is 0.213 e. The topological polar surface area (TPSA) is 130 Å². The van der Waals surface area contributed by atoms with E-state index in [0.29, 0.717) is 70.3 Å². The van der Waals surface area contributed by atoms with Gasteiger partial charge >= 0.3 is 0 Å². The molecule has 0 aliphatic rings. The molecule has 4 aromatic rings. The number of aromatic nitrogens is 5. The third kappa shape index (κ3) is 4.88. The third-order valence-electron chi connectivity index (χ3n) is 5.23. The van der Waals surface area contributed by atoms with Gasteiger partial charge in [-0.25, -0.2) is 33.1 Å². The van der Waals surface area contributed by atoms with Gasteiger partial charge in [0.25, 0.3) is 0 Å².